The molecule has 1 fully saturated rings. The normalized spacial score (nSPS) is 17.5. The lowest BCUT2D eigenvalue weighted by atomic mass is 10.1. The van der Waals surface area contributed by atoms with E-state index in [9.17, 15) is 4.39 Å². The Bertz CT molecular complexity index is 674. The number of hydrogen-bond donors (Lipinski definition) is 0. The Hall–Kier alpha value is -1.98. The predicted octanol–water partition coefficient (Wildman–Crippen LogP) is 3.61. The molecule has 24 heavy (non-hydrogen) atoms. The molecule has 1 saturated heterocycles. The van der Waals surface area contributed by atoms with Crippen LogP contribution in [0.3, 0.4) is 0 Å². The summed E-state index contributed by atoms with van der Waals surface area (Å²) in [6, 6.07) is 6.72. The maximum atomic E-state index is 13.1. The van der Waals surface area contributed by atoms with Crippen LogP contribution in [0, 0.1) is 12.7 Å². The van der Waals surface area contributed by atoms with Gasteiger partial charge >= 0.3 is 0 Å². The minimum Gasteiger partial charge on any atom is -0.377 e. The lowest BCUT2D eigenvalue weighted by molar-refractivity contribution is 0.0678. The fourth-order valence-corrected chi connectivity index (χ4v) is 3.15. The number of aromatic nitrogens is 2. The van der Waals surface area contributed by atoms with Gasteiger partial charge in [0.25, 0.3) is 0 Å². The molecule has 0 saturated carbocycles. The summed E-state index contributed by atoms with van der Waals surface area (Å²) in [5.74, 6) is -0.201. The van der Waals surface area contributed by atoms with E-state index in [-0.39, 0.29) is 11.9 Å². The summed E-state index contributed by atoms with van der Waals surface area (Å²) in [4.78, 5) is 2.35. The first kappa shape index (κ1) is 16.9. The molecule has 0 aliphatic carbocycles. The molecule has 2 heterocycles. The average Bonchev–Trinajstić information content (AvgIpc) is 3.20. The third-order valence-electron chi connectivity index (χ3n) is 4.52. The SMILES string of the molecule is C=Cn1ncc(CN(Cc2ccc(F)cc2)C[C@H]2CCCO2)c1C. The molecule has 0 bridgehead atoms. The molecule has 5 heteroatoms. The zero-order chi connectivity index (χ0) is 16.9. The van der Waals surface area contributed by atoms with Crippen molar-refractivity contribution < 1.29 is 9.13 Å². The molecular formula is C19H24FN3O. The molecule has 1 aliphatic heterocycles. The van der Waals surface area contributed by atoms with Crippen LogP contribution in [0.25, 0.3) is 6.20 Å². The van der Waals surface area contributed by atoms with Gasteiger partial charge in [0.05, 0.1) is 12.3 Å². The lowest BCUT2D eigenvalue weighted by Gasteiger charge is -2.25. The van der Waals surface area contributed by atoms with Gasteiger partial charge < -0.3 is 4.74 Å². The molecule has 2 aromatic rings. The number of ether oxygens (including phenoxy) is 1. The molecule has 0 spiro atoms. The minimum absolute atomic E-state index is 0.201. The zero-order valence-corrected chi connectivity index (χ0v) is 14.1. The Kier molecular flexibility index (Phi) is 5.43. The maximum absolute atomic E-state index is 13.1. The summed E-state index contributed by atoms with van der Waals surface area (Å²) in [5, 5.41) is 4.33. The van der Waals surface area contributed by atoms with Crippen LogP contribution in [-0.4, -0.2) is 33.9 Å². The molecule has 3 rings (SSSR count). The molecule has 4 nitrogen and oxygen atoms in total. The third-order valence-corrected chi connectivity index (χ3v) is 4.52. The molecule has 0 unspecified atom stereocenters. The summed E-state index contributed by atoms with van der Waals surface area (Å²) in [5.41, 5.74) is 3.37. The van der Waals surface area contributed by atoms with E-state index < -0.39 is 0 Å². The molecule has 0 amide bonds. The second-order valence-electron chi connectivity index (χ2n) is 6.31. The molecule has 0 radical (unpaired) electrons. The van der Waals surface area contributed by atoms with Crippen molar-refractivity contribution in [3.63, 3.8) is 0 Å². The predicted molar refractivity (Wildman–Crippen MR) is 92.8 cm³/mol. The summed E-state index contributed by atoms with van der Waals surface area (Å²) in [7, 11) is 0. The first-order chi connectivity index (χ1) is 11.7. The van der Waals surface area contributed by atoms with Gasteiger partial charge in [-0.15, -0.1) is 0 Å². The zero-order valence-electron chi connectivity index (χ0n) is 14.1. The van der Waals surface area contributed by atoms with E-state index in [0.29, 0.717) is 0 Å². The van der Waals surface area contributed by atoms with Crippen LogP contribution in [0.4, 0.5) is 4.39 Å². The van der Waals surface area contributed by atoms with Crippen molar-refractivity contribution in [3.05, 3.63) is 59.7 Å². The number of hydrogen-bond acceptors (Lipinski definition) is 3. The summed E-state index contributed by atoms with van der Waals surface area (Å²) < 4.78 is 20.7. The standard InChI is InChI=1S/C19H24FN3O/c1-3-23-15(2)17(11-21-23)13-22(14-19-5-4-10-24-19)12-16-6-8-18(20)9-7-16/h3,6-9,11,19H,1,4-5,10,12-14H2,2H3/t19-/m1/s1. The van der Waals surface area contributed by atoms with E-state index in [1.807, 2.05) is 25.3 Å². The van der Waals surface area contributed by atoms with Crippen molar-refractivity contribution in [2.75, 3.05) is 13.2 Å². The first-order valence-electron chi connectivity index (χ1n) is 8.39. The number of rotatable bonds is 7. The molecule has 1 aliphatic rings. The van der Waals surface area contributed by atoms with Crippen LogP contribution < -0.4 is 0 Å². The van der Waals surface area contributed by atoms with Gasteiger partial charge in [-0.25, -0.2) is 9.07 Å². The first-order valence-corrected chi connectivity index (χ1v) is 8.39. The molecule has 128 valence electrons. The Morgan fingerprint density at radius 1 is 1.38 bits per heavy atom. The highest BCUT2D eigenvalue weighted by Gasteiger charge is 2.20. The van der Waals surface area contributed by atoms with Crippen LogP contribution in [0.5, 0.6) is 0 Å². The topological polar surface area (TPSA) is 30.3 Å². The fraction of sp³-hybridized carbons (Fsp3) is 0.421. The Morgan fingerprint density at radius 2 is 2.17 bits per heavy atom. The van der Waals surface area contributed by atoms with Gasteiger partial charge in [-0.2, -0.15) is 5.10 Å². The van der Waals surface area contributed by atoms with Gasteiger partial charge in [-0.05, 0) is 37.5 Å². The lowest BCUT2D eigenvalue weighted by Crippen LogP contribution is -2.31. The molecule has 0 N–H and O–H groups in total. The van der Waals surface area contributed by atoms with Gasteiger partial charge in [0.2, 0.25) is 0 Å². The van der Waals surface area contributed by atoms with Crippen molar-refractivity contribution in [2.45, 2.75) is 39.0 Å². The fourth-order valence-electron chi connectivity index (χ4n) is 3.15. The van der Waals surface area contributed by atoms with Crippen LogP contribution >= 0.6 is 0 Å². The average molecular weight is 329 g/mol. The molecular weight excluding hydrogens is 305 g/mol. The van der Waals surface area contributed by atoms with Gasteiger partial charge in [0, 0.05) is 43.7 Å². The van der Waals surface area contributed by atoms with Crippen molar-refractivity contribution in [2.24, 2.45) is 0 Å². The largest absolute Gasteiger partial charge is 0.377 e. The summed E-state index contributed by atoms with van der Waals surface area (Å²) in [6.45, 7) is 9.09. The van der Waals surface area contributed by atoms with E-state index in [1.165, 1.54) is 17.7 Å². The summed E-state index contributed by atoms with van der Waals surface area (Å²) in [6.07, 6.45) is 6.11. The highest BCUT2D eigenvalue weighted by molar-refractivity contribution is 5.26. The van der Waals surface area contributed by atoms with Gasteiger partial charge in [0.1, 0.15) is 5.82 Å². The van der Waals surface area contributed by atoms with Gasteiger partial charge in [-0.3, -0.25) is 4.90 Å². The second-order valence-corrected chi connectivity index (χ2v) is 6.31. The highest BCUT2D eigenvalue weighted by atomic mass is 19.1. The van der Waals surface area contributed by atoms with Crippen molar-refractivity contribution >= 4 is 6.20 Å². The summed E-state index contributed by atoms with van der Waals surface area (Å²) >= 11 is 0. The van der Waals surface area contributed by atoms with E-state index in [1.54, 1.807) is 10.9 Å². The van der Waals surface area contributed by atoms with Crippen LogP contribution in [-0.2, 0) is 17.8 Å². The van der Waals surface area contributed by atoms with Crippen molar-refractivity contribution in [1.29, 1.82) is 0 Å². The van der Waals surface area contributed by atoms with Gasteiger partial charge in [-0.1, -0.05) is 18.7 Å². The second kappa shape index (κ2) is 7.73. The Labute approximate surface area is 142 Å². The Morgan fingerprint density at radius 3 is 2.79 bits per heavy atom. The van der Waals surface area contributed by atoms with E-state index in [0.717, 1.165) is 50.3 Å². The van der Waals surface area contributed by atoms with E-state index in [4.69, 9.17) is 4.74 Å². The number of nitrogens with zero attached hydrogens (tertiary/aromatic N) is 3. The monoisotopic (exact) mass is 329 g/mol. The van der Waals surface area contributed by atoms with E-state index >= 15 is 0 Å². The van der Waals surface area contributed by atoms with Crippen LogP contribution in [0.15, 0.2) is 37.0 Å². The molecule has 1 atom stereocenters. The van der Waals surface area contributed by atoms with Crippen LogP contribution in [0.2, 0.25) is 0 Å². The minimum atomic E-state index is -0.201. The third kappa shape index (κ3) is 4.10. The quantitative estimate of drug-likeness (QED) is 0.777. The highest BCUT2D eigenvalue weighted by Crippen LogP contribution is 2.19. The van der Waals surface area contributed by atoms with Crippen LogP contribution in [0.1, 0.15) is 29.7 Å². The molecule has 1 aromatic carbocycles. The molecule has 1 aromatic heterocycles. The van der Waals surface area contributed by atoms with Gasteiger partial charge in [0.15, 0.2) is 0 Å². The van der Waals surface area contributed by atoms with E-state index in [2.05, 4.69) is 16.6 Å². The maximum Gasteiger partial charge on any atom is 0.123 e. The van der Waals surface area contributed by atoms with Crippen molar-refractivity contribution in [1.82, 2.24) is 14.7 Å². The number of benzene rings is 1. The number of halogens is 1. The Balaban J connectivity index is 1.73. The smallest absolute Gasteiger partial charge is 0.123 e. The van der Waals surface area contributed by atoms with Crippen molar-refractivity contribution in [3.8, 4) is 0 Å².